The molecule has 0 atom stereocenters. The molecule has 0 radical (unpaired) electrons. The lowest BCUT2D eigenvalue weighted by molar-refractivity contribution is 0.627. The monoisotopic (exact) mass is 306 g/mol. The van der Waals surface area contributed by atoms with Gasteiger partial charge >= 0.3 is 0 Å². The van der Waals surface area contributed by atoms with Gasteiger partial charge in [-0.15, -0.1) is 11.3 Å². The Morgan fingerprint density at radius 3 is 2.67 bits per heavy atom. The summed E-state index contributed by atoms with van der Waals surface area (Å²) in [5, 5.41) is 4.34. The summed E-state index contributed by atoms with van der Waals surface area (Å²) in [4.78, 5) is 6.01. The lowest BCUT2D eigenvalue weighted by Crippen LogP contribution is -2.14. The van der Waals surface area contributed by atoms with Crippen LogP contribution < -0.4 is 5.32 Å². The van der Waals surface area contributed by atoms with Crippen molar-refractivity contribution in [3.05, 3.63) is 40.2 Å². The minimum Gasteiger partial charge on any atom is -0.312 e. The zero-order chi connectivity index (χ0) is 15.4. The molecule has 1 aromatic carbocycles. The molecular weight excluding hydrogens is 283 g/mol. The number of rotatable bonds is 6. The second-order valence-electron chi connectivity index (χ2n) is 5.68. The van der Waals surface area contributed by atoms with Crippen molar-refractivity contribution in [3.8, 4) is 10.6 Å². The Bertz CT molecular complexity index is 585. The Morgan fingerprint density at radius 1 is 1.29 bits per heavy atom. The van der Waals surface area contributed by atoms with Gasteiger partial charge in [-0.2, -0.15) is 0 Å². The van der Waals surface area contributed by atoms with Crippen molar-refractivity contribution in [1.82, 2.24) is 10.3 Å². The molecule has 21 heavy (non-hydrogen) atoms. The lowest BCUT2D eigenvalue weighted by Gasteiger charge is -2.05. The Hall–Kier alpha value is -1.26. The number of thiazole rings is 1. The van der Waals surface area contributed by atoms with Gasteiger partial charge in [0.05, 0.1) is 5.69 Å². The molecule has 0 aliphatic rings. The van der Waals surface area contributed by atoms with Crippen molar-refractivity contribution in [2.24, 2.45) is 0 Å². The zero-order valence-electron chi connectivity index (χ0n) is 13.2. The molecule has 0 amide bonds. The van der Waals surface area contributed by atoms with E-state index in [2.05, 4.69) is 26.1 Å². The van der Waals surface area contributed by atoms with E-state index in [0.717, 1.165) is 41.3 Å². The third-order valence-corrected chi connectivity index (χ3v) is 4.40. The first-order valence-electron chi connectivity index (χ1n) is 7.49. The van der Waals surface area contributed by atoms with Crippen LogP contribution in [0.5, 0.6) is 0 Å². The largest absolute Gasteiger partial charge is 0.312 e. The van der Waals surface area contributed by atoms with Crippen molar-refractivity contribution in [3.63, 3.8) is 0 Å². The molecule has 1 aromatic heterocycles. The summed E-state index contributed by atoms with van der Waals surface area (Å²) >= 11 is 1.67. The SMILES string of the molecule is CCCNCc1sc(-c2cc(C)cc(F)c2)nc1C(C)C. The molecular formula is C17H23FN2S. The molecule has 114 valence electrons. The van der Waals surface area contributed by atoms with Crippen LogP contribution in [-0.4, -0.2) is 11.5 Å². The van der Waals surface area contributed by atoms with Crippen LogP contribution in [0, 0.1) is 12.7 Å². The van der Waals surface area contributed by atoms with Crippen molar-refractivity contribution in [2.75, 3.05) is 6.54 Å². The smallest absolute Gasteiger partial charge is 0.124 e. The van der Waals surface area contributed by atoms with Crippen molar-refractivity contribution in [2.45, 2.75) is 46.6 Å². The van der Waals surface area contributed by atoms with E-state index in [-0.39, 0.29) is 5.82 Å². The quantitative estimate of drug-likeness (QED) is 0.769. The Balaban J connectivity index is 2.33. The normalized spacial score (nSPS) is 11.3. The van der Waals surface area contributed by atoms with Crippen LogP contribution in [0.25, 0.3) is 10.6 Å². The van der Waals surface area contributed by atoms with E-state index in [1.54, 1.807) is 23.5 Å². The number of hydrogen-bond donors (Lipinski definition) is 1. The van der Waals surface area contributed by atoms with Crippen LogP contribution in [0.2, 0.25) is 0 Å². The molecule has 1 N–H and O–H groups in total. The highest BCUT2D eigenvalue weighted by molar-refractivity contribution is 7.15. The van der Waals surface area contributed by atoms with Gasteiger partial charge in [-0.25, -0.2) is 9.37 Å². The van der Waals surface area contributed by atoms with Gasteiger partial charge in [0, 0.05) is 17.0 Å². The van der Waals surface area contributed by atoms with Gasteiger partial charge in [0.1, 0.15) is 10.8 Å². The molecule has 0 unspecified atom stereocenters. The summed E-state index contributed by atoms with van der Waals surface area (Å²) in [6.07, 6.45) is 1.12. The Morgan fingerprint density at radius 2 is 2.05 bits per heavy atom. The predicted octanol–water partition coefficient (Wildman–Crippen LogP) is 4.88. The van der Waals surface area contributed by atoms with E-state index >= 15 is 0 Å². The third-order valence-electron chi connectivity index (χ3n) is 3.28. The molecule has 0 fully saturated rings. The topological polar surface area (TPSA) is 24.9 Å². The van der Waals surface area contributed by atoms with Crippen molar-refractivity contribution >= 4 is 11.3 Å². The number of nitrogens with zero attached hydrogens (tertiary/aromatic N) is 1. The first-order chi connectivity index (χ1) is 10.0. The summed E-state index contributed by atoms with van der Waals surface area (Å²) in [5.41, 5.74) is 2.93. The molecule has 2 nitrogen and oxygen atoms in total. The van der Waals surface area contributed by atoms with E-state index in [4.69, 9.17) is 4.98 Å². The molecule has 0 bridgehead atoms. The number of aromatic nitrogens is 1. The molecule has 1 heterocycles. The summed E-state index contributed by atoms with van der Waals surface area (Å²) in [6, 6.07) is 5.11. The van der Waals surface area contributed by atoms with Gasteiger partial charge in [-0.1, -0.05) is 20.8 Å². The first kappa shape index (κ1) is 16.1. The molecule has 0 spiro atoms. The van der Waals surface area contributed by atoms with Gasteiger partial charge in [0.2, 0.25) is 0 Å². The van der Waals surface area contributed by atoms with E-state index in [1.807, 2.05) is 13.0 Å². The highest BCUT2D eigenvalue weighted by Gasteiger charge is 2.15. The minimum atomic E-state index is -0.197. The highest BCUT2D eigenvalue weighted by atomic mass is 32.1. The predicted molar refractivity (Wildman–Crippen MR) is 88.3 cm³/mol. The Kier molecular flexibility index (Phi) is 5.48. The van der Waals surface area contributed by atoms with Crippen LogP contribution in [-0.2, 0) is 6.54 Å². The second-order valence-corrected chi connectivity index (χ2v) is 6.76. The fourth-order valence-corrected chi connectivity index (χ4v) is 3.48. The number of nitrogens with one attached hydrogen (secondary N) is 1. The second kappa shape index (κ2) is 7.14. The van der Waals surface area contributed by atoms with Gasteiger partial charge in [-0.3, -0.25) is 0 Å². The van der Waals surface area contributed by atoms with Crippen LogP contribution in [0.15, 0.2) is 18.2 Å². The number of hydrogen-bond acceptors (Lipinski definition) is 3. The van der Waals surface area contributed by atoms with E-state index in [1.165, 1.54) is 4.88 Å². The molecule has 2 rings (SSSR count). The first-order valence-corrected chi connectivity index (χ1v) is 8.30. The fourth-order valence-electron chi connectivity index (χ4n) is 2.30. The molecule has 4 heteroatoms. The minimum absolute atomic E-state index is 0.197. The molecule has 0 aliphatic carbocycles. The van der Waals surface area contributed by atoms with Crippen molar-refractivity contribution in [1.29, 1.82) is 0 Å². The molecule has 0 saturated heterocycles. The Labute approximate surface area is 130 Å². The van der Waals surface area contributed by atoms with Crippen LogP contribution in [0.4, 0.5) is 4.39 Å². The maximum absolute atomic E-state index is 13.6. The van der Waals surface area contributed by atoms with Crippen LogP contribution in [0.3, 0.4) is 0 Å². The molecule has 0 saturated carbocycles. The van der Waals surface area contributed by atoms with Crippen molar-refractivity contribution < 1.29 is 4.39 Å². The van der Waals surface area contributed by atoms with Gasteiger partial charge < -0.3 is 5.32 Å². The average Bonchev–Trinajstić information content (AvgIpc) is 2.82. The summed E-state index contributed by atoms with van der Waals surface area (Å²) < 4.78 is 13.6. The van der Waals surface area contributed by atoms with Gasteiger partial charge in [-0.05, 0) is 49.6 Å². The molecule has 2 aromatic rings. The number of halogens is 1. The van der Waals surface area contributed by atoms with Gasteiger partial charge in [0.25, 0.3) is 0 Å². The fraction of sp³-hybridized carbons (Fsp3) is 0.471. The van der Waals surface area contributed by atoms with Crippen LogP contribution >= 0.6 is 11.3 Å². The third kappa shape index (κ3) is 4.11. The molecule has 0 aliphatic heterocycles. The number of benzene rings is 1. The van der Waals surface area contributed by atoms with E-state index in [9.17, 15) is 4.39 Å². The summed E-state index contributed by atoms with van der Waals surface area (Å²) in [7, 11) is 0. The summed E-state index contributed by atoms with van der Waals surface area (Å²) in [5.74, 6) is 0.181. The van der Waals surface area contributed by atoms with Gasteiger partial charge in [0.15, 0.2) is 0 Å². The highest BCUT2D eigenvalue weighted by Crippen LogP contribution is 2.32. The zero-order valence-corrected chi connectivity index (χ0v) is 14.0. The van der Waals surface area contributed by atoms with E-state index < -0.39 is 0 Å². The van der Waals surface area contributed by atoms with E-state index in [0.29, 0.717) is 5.92 Å². The number of aryl methyl sites for hydroxylation is 1. The maximum Gasteiger partial charge on any atom is 0.124 e. The lowest BCUT2D eigenvalue weighted by atomic mass is 10.1. The standard InChI is InChI=1S/C17H23FN2S/c1-5-6-19-10-15-16(11(2)3)20-17(21-15)13-7-12(4)8-14(18)9-13/h7-9,11,19H,5-6,10H2,1-4H3. The summed E-state index contributed by atoms with van der Waals surface area (Å²) in [6.45, 7) is 10.2. The van der Waals surface area contributed by atoms with Crippen LogP contribution in [0.1, 0.15) is 49.2 Å². The maximum atomic E-state index is 13.6. The average molecular weight is 306 g/mol.